The molecule has 2 heterocycles. The number of furan rings is 1. The van der Waals surface area contributed by atoms with Gasteiger partial charge >= 0.3 is 5.97 Å². The first-order valence-corrected chi connectivity index (χ1v) is 8.87. The van der Waals surface area contributed by atoms with Crippen molar-refractivity contribution in [2.45, 2.75) is 0 Å². The lowest BCUT2D eigenvalue weighted by Crippen LogP contribution is -3.00. The lowest BCUT2D eigenvalue weighted by atomic mass is 10.1. The van der Waals surface area contributed by atoms with Gasteiger partial charge in [-0.2, -0.15) is 5.23 Å². The number of hydrogen-bond acceptors (Lipinski definition) is 7. The Morgan fingerprint density at radius 2 is 2.07 bits per heavy atom. The summed E-state index contributed by atoms with van der Waals surface area (Å²) in [5.74, 6) is -0.618. The highest BCUT2D eigenvalue weighted by atomic mass is 32.2. The highest BCUT2D eigenvalue weighted by molar-refractivity contribution is 8.26. The van der Waals surface area contributed by atoms with Gasteiger partial charge in [-0.3, -0.25) is 14.5 Å². The maximum atomic E-state index is 12.3. The van der Waals surface area contributed by atoms with Gasteiger partial charge in [0, 0.05) is 23.8 Å². The van der Waals surface area contributed by atoms with Crippen LogP contribution in [0.4, 0.5) is 5.69 Å². The van der Waals surface area contributed by atoms with Crippen LogP contribution < -0.4 is 5.23 Å². The minimum Gasteiger partial charge on any atom is -0.595 e. The van der Waals surface area contributed by atoms with Crippen molar-refractivity contribution in [1.29, 1.82) is 0 Å². The van der Waals surface area contributed by atoms with Crippen LogP contribution in [0.5, 0.6) is 0 Å². The molecule has 8 nitrogen and oxygen atoms in total. The van der Waals surface area contributed by atoms with Gasteiger partial charge in [-0.25, -0.2) is 4.84 Å². The van der Waals surface area contributed by atoms with E-state index in [2.05, 4.69) is 4.84 Å². The molecule has 0 radical (unpaired) electrons. The minimum atomic E-state index is -1.14. The molecule has 140 valence electrons. The quantitative estimate of drug-likeness (QED) is 0.425. The summed E-state index contributed by atoms with van der Waals surface area (Å²) in [5, 5.41) is 19.9. The number of hydrogen-bond donors (Lipinski definition) is 2. The third kappa shape index (κ3) is 4.26. The molecule has 2 aromatic rings. The molecule has 1 aliphatic rings. The average Bonchev–Trinajstić information content (AvgIpc) is 3.21. The summed E-state index contributed by atoms with van der Waals surface area (Å²) in [6.45, 7) is -0.474. The maximum absolute atomic E-state index is 12.3. The number of amides is 1. The van der Waals surface area contributed by atoms with Crippen molar-refractivity contribution in [3.8, 4) is 11.3 Å². The lowest BCUT2D eigenvalue weighted by molar-refractivity contribution is -0.992. The highest BCUT2D eigenvalue weighted by Crippen LogP contribution is 2.33. The largest absolute Gasteiger partial charge is 0.595 e. The van der Waals surface area contributed by atoms with E-state index in [1.165, 1.54) is 13.2 Å². The fourth-order valence-corrected chi connectivity index (χ4v) is 3.61. The van der Waals surface area contributed by atoms with Crippen molar-refractivity contribution in [1.82, 2.24) is 4.90 Å². The maximum Gasteiger partial charge on any atom is 0.323 e. The number of carboxylic acids is 1. The van der Waals surface area contributed by atoms with E-state index in [4.69, 9.17) is 21.7 Å². The number of benzene rings is 1. The first kappa shape index (κ1) is 19.3. The number of thioether (sulfide) groups is 1. The van der Waals surface area contributed by atoms with Crippen LogP contribution in [0.1, 0.15) is 5.76 Å². The number of aliphatic carboxylic acids is 1. The zero-order valence-corrected chi connectivity index (χ0v) is 15.6. The third-order valence-corrected chi connectivity index (χ3v) is 5.04. The number of carbonyl (C=O) groups is 2. The molecule has 1 atom stereocenters. The second-order valence-electron chi connectivity index (χ2n) is 5.43. The van der Waals surface area contributed by atoms with Gasteiger partial charge in [0.05, 0.1) is 12.0 Å². The van der Waals surface area contributed by atoms with E-state index in [0.717, 1.165) is 22.2 Å². The SMILES string of the molecule is CO[NH+]([O-])c1ccc(-c2ccc(/C=C3/SC(=S)N(CC(=O)O)C3=O)o2)cc1. The molecule has 0 spiro atoms. The van der Waals surface area contributed by atoms with Gasteiger partial charge < -0.3 is 14.7 Å². The van der Waals surface area contributed by atoms with Crippen LogP contribution in [0.15, 0.2) is 45.7 Å². The molecule has 1 aromatic heterocycles. The molecular formula is C17H14N2O6S2. The number of nitrogens with zero attached hydrogens (tertiary/aromatic N) is 1. The van der Waals surface area contributed by atoms with E-state index in [0.29, 0.717) is 22.1 Å². The Balaban J connectivity index is 1.78. The Hall–Kier alpha value is -2.50. The van der Waals surface area contributed by atoms with Crippen molar-refractivity contribution in [3.05, 3.63) is 52.3 Å². The number of carboxylic acid groups (broad SMARTS) is 1. The van der Waals surface area contributed by atoms with Crippen LogP contribution in [-0.2, 0) is 14.4 Å². The number of thiocarbonyl (C=S) groups is 1. The Bertz CT molecular complexity index is 922. The van der Waals surface area contributed by atoms with Crippen molar-refractivity contribution >= 4 is 51.9 Å². The zero-order valence-electron chi connectivity index (χ0n) is 14.0. The van der Waals surface area contributed by atoms with Gasteiger partial charge in [0.25, 0.3) is 5.91 Å². The summed E-state index contributed by atoms with van der Waals surface area (Å²) in [6.07, 6.45) is 1.52. The third-order valence-electron chi connectivity index (χ3n) is 3.66. The topological polar surface area (TPSA) is 107 Å². The summed E-state index contributed by atoms with van der Waals surface area (Å²) < 4.78 is 5.92. The molecule has 3 rings (SSSR count). The Morgan fingerprint density at radius 1 is 1.37 bits per heavy atom. The van der Waals surface area contributed by atoms with E-state index in [9.17, 15) is 14.8 Å². The molecule has 10 heteroatoms. The van der Waals surface area contributed by atoms with Crippen LogP contribution in [-0.4, -0.2) is 39.9 Å². The fourth-order valence-electron chi connectivity index (χ4n) is 2.37. The van der Waals surface area contributed by atoms with Gasteiger partial charge in [-0.1, -0.05) is 24.0 Å². The summed E-state index contributed by atoms with van der Waals surface area (Å²) in [6, 6.07) is 10.1. The number of rotatable bonds is 6. The molecule has 0 bridgehead atoms. The second-order valence-corrected chi connectivity index (χ2v) is 7.11. The molecule has 1 amide bonds. The standard InChI is InChI=1S/C17H14N2O6S2/c1-24-19(23)11-4-2-10(3-5-11)13-7-6-12(25-13)8-14-16(22)18(9-15(20)21)17(26)27-14/h2-8,19H,9H2,1H3,(H,20,21)/b14-8+. The van der Waals surface area contributed by atoms with E-state index < -0.39 is 23.6 Å². The second kappa shape index (κ2) is 8.03. The fraction of sp³-hybridized carbons (Fsp3) is 0.118. The zero-order chi connectivity index (χ0) is 19.6. The molecule has 1 aromatic carbocycles. The summed E-state index contributed by atoms with van der Waals surface area (Å²) >= 11 is 6.08. The molecule has 0 aliphatic carbocycles. The number of nitrogens with one attached hydrogen (secondary N) is 1. The van der Waals surface area contributed by atoms with Crippen LogP contribution in [0.3, 0.4) is 0 Å². The highest BCUT2D eigenvalue weighted by Gasteiger charge is 2.33. The van der Waals surface area contributed by atoms with E-state index in [-0.39, 0.29) is 4.32 Å². The van der Waals surface area contributed by atoms with Crippen molar-refractivity contribution in [2.75, 3.05) is 13.7 Å². The van der Waals surface area contributed by atoms with Crippen molar-refractivity contribution < 1.29 is 29.2 Å². The van der Waals surface area contributed by atoms with Gasteiger partial charge in [0.2, 0.25) is 0 Å². The van der Waals surface area contributed by atoms with Crippen LogP contribution in [0.2, 0.25) is 0 Å². The summed E-state index contributed by atoms with van der Waals surface area (Å²) in [4.78, 5) is 29.1. The lowest BCUT2D eigenvalue weighted by Gasteiger charge is -2.16. The smallest absolute Gasteiger partial charge is 0.323 e. The Labute approximate surface area is 163 Å². The Kier molecular flexibility index (Phi) is 5.73. The molecule has 1 saturated heterocycles. The molecule has 2 N–H and O–H groups in total. The average molecular weight is 406 g/mol. The first-order chi connectivity index (χ1) is 12.9. The minimum absolute atomic E-state index is 0.193. The molecule has 27 heavy (non-hydrogen) atoms. The number of carbonyl (C=O) groups excluding carboxylic acids is 1. The molecule has 0 saturated carbocycles. The summed E-state index contributed by atoms with van der Waals surface area (Å²) in [5.41, 5.74) is 1.18. The molecule has 1 aliphatic heterocycles. The van der Waals surface area contributed by atoms with Crippen molar-refractivity contribution in [3.63, 3.8) is 0 Å². The van der Waals surface area contributed by atoms with E-state index in [1.807, 2.05) is 0 Å². The van der Waals surface area contributed by atoms with E-state index >= 15 is 0 Å². The first-order valence-electron chi connectivity index (χ1n) is 7.65. The Morgan fingerprint density at radius 3 is 2.70 bits per heavy atom. The van der Waals surface area contributed by atoms with Crippen LogP contribution in [0, 0.1) is 5.21 Å². The molecular weight excluding hydrogens is 392 g/mol. The van der Waals surface area contributed by atoms with Crippen LogP contribution in [0.25, 0.3) is 17.4 Å². The van der Waals surface area contributed by atoms with Crippen molar-refractivity contribution in [2.24, 2.45) is 0 Å². The van der Waals surface area contributed by atoms with Gasteiger partial charge in [0.15, 0.2) is 5.69 Å². The normalized spacial score (nSPS) is 17.0. The summed E-state index contributed by atoms with van der Waals surface area (Å²) in [7, 11) is 1.31. The monoisotopic (exact) mass is 406 g/mol. The van der Waals surface area contributed by atoms with E-state index in [1.54, 1.807) is 36.4 Å². The molecule has 1 fully saturated rings. The van der Waals surface area contributed by atoms with Gasteiger partial charge in [-0.15, -0.1) is 0 Å². The predicted octanol–water partition coefficient (Wildman–Crippen LogP) is 1.81. The van der Waals surface area contributed by atoms with Gasteiger partial charge in [0.1, 0.15) is 22.4 Å². The number of quaternary nitrogens is 1. The van der Waals surface area contributed by atoms with Crippen LogP contribution >= 0.6 is 24.0 Å². The predicted molar refractivity (Wildman–Crippen MR) is 103 cm³/mol. The van der Waals surface area contributed by atoms with Gasteiger partial charge in [-0.05, 0) is 24.3 Å². The molecule has 1 unspecified atom stereocenters.